The first-order valence-electron chi connectivity index (χ1n) is 5.92. The van der Waals surface area contributed by atoms with E-state index in [0.717, 1.165) is 6.26 Å². The van der Waals surface area contributed by atoms with Crippen LogP contribution in [0.1, 0.15) is 24.2 Å². The molecule has 1 amide bonds. The van der Waals surface area contributed by atoms with Crippen molar-refractivity contribution >= 4 is 27.3 Å². The number of carbonyl (C=O) groups is 1. The minimum atomic E-state index is -3.35. The van der Waals surface area contributed by atoms with Crippen molar-refractivity contribution in [2.45, 2.75) is 19.4 Å². The minimum Gasteiger partial charge on any atom is -0.399 e. The van der Waals surface area contributed by atoms with Crippen LogP contribution >= 0.6 is 0 Å². The van der Waals surface area contributed by atoms with Gasteiger partial charge in [-0.1, -0.05) is 0 Å². The third-order valence-electron chi connectivity index (χ3n) is 2.47. The van der Waals surface area contributed by atoms with Crippen molar-refractivity contribution in [3.05, 3.63) is 23.8 Å². The highest BCUT2D eigenvalue weighted by Gasteiger charge is 2.23. The molecule has 0 atom stereocenters. The maximum Gasteiger partial charge on any atom is 0.253 e. The molecule has 6 N–H and O–H groups in total. The predicted octanol–water partition coefficient (Wildman–Crippen LogP) is -0.0914. The number of rotatable bonds is 5. The summed E-state index contributed by atoms with van der Waals surface area (Å²) in [5.74, 6) is -0.383. The van der Waals surface area contributed by atoms with Gasteiger partial charge in [0.15, 0.2) is 0 Å². The van der Waals surface area contributed by atoms with Gasteiger partial charge in [0, 0.05) is 23.5 Å². The van der Waals surface area contributed by atoms with Crippen molar-refractivity contribution in [1.29, 1.82) is 0 Å². The summed E-state index contributed by atoms with van der Waals surface area (Å²) in [5.41, 5.74) is 11.5. The largest absolute Gasteiger partial charge is 0.399 e. The van der Waals surface area contributed by atoms with Crippen LogP contribution in [0.2, 0.25) is 0 Å². The summed E-state index contributed by atoms with van der Waals surface area (Å²) >= 11 is 0. The Morgan fingerprint density at radius 1 is 1.30 bits per heavy atom. The van der Waals surface area contributed by atoms with E-state index in [-0.39, 0.29) is 18.1 Å². The number of nitrogen functional groups attached to an aromatic ring is 2. The zero-order valence-electron chi connectivity index (χ0n) is 11.7. The lowest BCUT2D eigenvalue weighted by Gasteiger charge is -2.25. The summed E-state index contributed by atoms with van der Waals surface area (Å²) in [4.78, 5) is 12.0. The molecule has 0 bridgehead atoms. The molecular weight excluding hydrogens is 280 g/mol. The second-order valence-corrected chi connectivity index (χ2v) is 7.04. The highest BCUT2D eigenvalue weighted by Crippen LogP contribution is 2.15. The number of benzene rings is 1. The maximum atomic E-state index is 12.0. The number of hydrogen-bond acceptors (Lipinski definition) is 5. The van der Waals surface area contributed by atoms with Gasteiger partial charge in [0.25, 0.3) is 5.91 Å². The standard InChI is InChI=1S/C12H20N4O3S/c1-12(2,16-20(3,18)19)7-15-11(17)9-5-4-8(13)6-10(9)14/h4-6,16H,7,13-14H2,1-3H3,(H,15,17). The van der Waals surface area contributed by atoms with Crippen LogP contribution in [0.4, 0.5) is 11.4 Å². The number of amides is 1. The smallest absolute Gasteiger partial charge is 0.253 e. The third kappa shape index (κ3) is 5.06. The van der Waals surface area contributed by atoms with Crippen LogP contribution in [-0.4, -0.2) is 32.7 Å². The molecule has 0 saturated carbocycles. The number of anilines is 2. The van der Waals surface area contributed by atoms with Gasteiger partial charge in [-0.15, -0.1) is 0 Å². The summed E-state index contributed by atoms with van der Waals surface area (Å²) in [6, 6.07) is 4.59. The van der Waals surface area contributed by atoms with E-state index in [4.69, 9.17) is 11.5 Å². The predicted molar refractivity (Wildman–Crippen MR) is 79.7 cm³/mol. The molecule has 0 aliphatic heterocycles. The number of carbonyl (C=O) groups excluding carboxylic acids is 1. The summed E-state index contributed by atoms with van der Waals surface area (Å²) in [5, 5.41) is 2.64. The van der Waals surface area contributed by atoms with Crippen LogP contribution in [0.15, 0.2) is 18.2 Å². The zero-order valence-corrected chi connectivity index (χ0v) is 12.5. The molecule has 20 heavy (non-hydrogen) atoms. The first-order valence-corrected chi connectivity index (χ1v) is 7.81. The van der Waals surface area contributed by atoms with E-state index < -0.39 is 15.6 Å². The van der Waals surface area contributed by atoms with Crippen molar-refractivity contribution in [2.75, 3.05) is 24.3 Å². The van der Waals surface area contributed by atoms with Crippen molar-refractivity contribution in [1.82, 2.24) is 10.0 Å². The van der Waals surface area contributed by atoms with Crippen molar-refractivity contribution in [2.24, 2.45) is 0 Å². The lowest BCUT2D eigenvalue weighted by atomic mass is 10.1. The van der Waals surface area contributed by atoms with Crippen LogP contribution in [0.3, 0.4) is 0 Å². The number of sulfonamides is 1. The molecule has 0 radical (unpaired) electrons. The zero-order chi connectivity index (χ0) is 15.6. The summed E-state index contributed by atoms with van der Waals surface area (Å²) in [7, 11) is -3.35. The van der Waals surface area contributed by atoms with Gasteiger partial charge in [0.05, 0.1) is 11.8 Å². The van der Waals surface area contributed by atoms with Gasteiger partial charge < -0.3 is 16.8 Å². The van der Waals surface area contributed by atoms with Crippen LogP contribution in [0.25, 0.3) is 0 Å². The molecule has 1 aromatic rings. The van der Waals surface area contributed by atoms with E-state index in [1.165, 1.54) is 12.1 Å². The number of nitrogens with one attached hydrogen (secondary N) is 2. The van der Waals surface area contributed by atoms with Crippen molar-refractivity contribution in [3.8, 4) is 0 Å². The van der Waals surface area contributed by atoms with E-state index in [9.17, 15) is 13.2 Å². The number of nitrogens with two attached hydrogens (primary N) is 2. The maximum absolute atomic E-state index is 12.0. The van der Waals surface area contributed by atoms with Gasteiger partial charge >= 0.3 is 0 Å². The highest BCUT2D eigenvalue weighted by atomic mass is 32.2. The third-order valence-corrected chi connectivity index (χ3v) is 3.40. The molecule has 0 heterocycles. The van der Waals surface area contributed by atoms with Crippen LogP contribution in [0, 0.1) is 0 Å². The molecule has 0 aliphatic carbocycles. The Morgan fingerprint density at radius 2 is 1.90 bits per heavy atom. The van der Waals surface area contributed by atoms with Gasteiger partial charge in [0.2, 0.25) is 10.0 Å². The number of hydrogen-bond donors (Lipinski definition) is 4. The second-order valence-electron chi connectivity index (χ2n) is 5.29. The van der Waals surface area contributed by atoms with Gasteiger partial charge in [-0.25, -0.2) is 13.1 Å². The lowest BCUT2D eigenvalue weighted by Crippen LogP contribution is -2.51. The molecule has 0 spiro atoms. The van der Waals surface area contributed by atoms with E-state index in [1.54, 1.807) is 19.9 Å². The Hall–Kier alpha value is -1.80. The monoisotopic (exact) mass is 300 g/mol. The van der Waals surface area contributed by atoms with Crippen LogP contribution in [-0.2, 0) is 10.0 Å². The first kappa shape index (κ1) is 16.3. The van der Waals surface area contributed by atoms with Crippen molar-refractivity contribution in [3.63, 3.8) is 0 Å². The molecule has 112 valence electrons. The fourth-order valence-corrected chi connectivity index (χ4v) is 2.80. The molecule has 1 rings (SSSR count). The molecule has 0 unspecified atom stereocenters. The molecular formula is C12H20N4O3S. The fourth-order valence-electron chi connectivity index (χ4n) is 1.72. The van der Waals surface area contributed by atoms with E-state index in [2.05, 4.69) is 10.0 Å². The lowest BCUT2D eigenvalue weighted by molar-refractivity contribution is 0.0945. The Bertz CT molecular complexity index is 611. The molecule has 1 aromatic carbocycles. The summed E-state index contributed by atoms with van der Waals surface area (Å²) in [6.45, 7) is 3.46. The minimum absolute atomic E-state index is 0.128. The second kappa shape index (κ2) is 5.68. The molecule has 0 fully saturated rings. The van der Waals surface area contributed by atoms with E-state index in [0.29, 0.717) is 11.3 Å². The fraction of sp³-hybridized carbons (Fsp3) is 0.417. The molecule has 0 aliphatic rings. The molecule has 0 saturated heterocycles. The van der Waals surface area contributed by atoms with Gasteiger partial charge in [0.1, 0.15) is 0 Å². The SMILES string of the molecule is CC(C)(CNC(=O)c1ccc(N)cc1N)NS(C)(=O)=O. The van der Waals surface area contributed by atoms with Gasteiger partial charge in [-0.2, -0.15) is 0 Å². The van der Waals surface area contributed by atoms with Crippen LogP contribution in [0.5, 0.6) is 0 Å². The Kier molecular flexibility index (Phi) is 4.61. The molecule has 7 nitrogen and oxygen atoms in total. The van der Waals surface area contributed by atoms with Gasteiger partial charge in [-0.05, 0) is 32.0 Å². The Morgan fingerprint density at radius 3 is 2.40 bits per heavy atom. The first-order chi connectivity index (χ1) is 9.00. The van der Waals surface area contributed by atoms with Crippen molar-refractivity contribution < 1.29 is 13.2 Å². The normalized spacial score (nSPS) is 12.2. The summed E-state index contributed by atoms with van der Waals surface area (Å²) < 4.78 is 24.8. The van der Waals surface area contributed by atoms with Crippen LogP contribution < -0.4 is 21.5 Å². The average Bonchev–Trinajstić information content (AvgIpc) is 2.22. The Balaban J connectivity index is 2.72. The average molecular weight is 300 g/mol. The molecule has 0 aromatic heterocycles. The Labute approximate surface area is 118 Å². The molecule has 8 heteroatoms. The topological polar surface area (TPSA) is 127 Å². The quantitative estimate of drug-likeness (QED) is 0.565. The van der Waals surface area contributed by atoms with Gasteiger partial charge in [-0.3, -0.25) is 4.79 Å². The van der Waals surface area contributed by atoms with E-state index >= 15 is 0 Å². The highest BCUT2D eigenvalue weighted by molar-refractivity contribution is 7.88. The van der Waals surface area contributed by atoms with E-state index in [1.807, 2.05) is 0 Å². The summed E-state index contributed by atoms with van der Waals surface area (Å²) in [6.07, 6.45) is 1.06.